The number of benzene rings is 1. The SMILES string of the molecule is CN(c1ccc(Br)cc1N)C1CCCOC1. The molecular formula is C12H17BrN2O. The van der Waals surface area contributed by atoms with Crippen molar-refractivity contribution in [3.8, 4) is 0 Å². The maximum absolute atomic E-state index is 6.02. The summed E-state index contributed by atoms with van der Waals surface area (Å²) in [6, 6.07) is 6.45. The number of ether oxygens (including phenoxy) is 1. The Hall–Kier alpha value is -0.740. The topological polar surface area (TPSA) is 38.5 Å². The lowest BCUT2D eigenvalue weighted by Gasteiger charge is -2.33. The zero-order chi connectivity index (χ0) is 11.5. The molecule has 2 N–H and O–H groups in total. The summed E-state index contributed by atoms with van der Waals surface area (Å²) in [6.07, 6.45) is 2.30. The van der Waals surface area contributed by atoms with Crippen LogP contribution in [0.15, 0.2) is 22.7 Å². The molecular weight excluding hydrogens is 268 g/mol. The highest BCUT2D eigenvalue weighted by Gasteiger charge is 2.20. The fourth-order valence-corrected chi connectivity index (χ4v) is 2.45. The van der Waals surface area contributed by atoms with E-state index in [0.717, 1.165) is 35.5 Å². The number of nitrogens with zero attached hydrogens (tertiary/aromatic N) is 1. The Labute approximate surface area is 105 Å². The van der Waals surface area contributed by atoms with Crippen LogP contribution in [-0.2, 0) is 4.74 Å². The maximum Gasteiger partial charge on any atom is 0.0669 e. The van der Waals surface area contributed by atoms with E-state index in [0.29, 0.717) is 6.04 Å². The molecule has 1 heterocycles. The van der Waals surface area contributed by atoms with Gasteiger partial charge in [0, 0.05) is 18.1 Å². The highest BCUT2D eigenvalue weighted by molar-refractivity contribution is 9.10. The molecule has 1 aliphatic heterocycles. The molecule has 0 saturated carbocycles. The van der Waals surface area contributed by atoms with Crippen LogP contribution in [0, 0.1) is 0 Å². The van der Waals surface area contributed by atoms with E-state index in [-0.39, 0.29) is 0 Å². The van der Waals surface area contributed by atoms with E-state index in [1.54, 1.807) is 0 Å². The molecule has 0 spiro atoms. The van der Waals surface area contributed by atoms with Gasteiger partial charge < -0.3 is 15.4 Å². The van der Waals surface area contributed by atoms with E-state index in [2.05, 4.69) is 27.9 Å². The Balaban J connectivity index is 2.15. The first-order valence-corrected chi connectivity index (χ1v) is 6.33. The first-order chi connectivity index (χ1) is 7.68. The van der Waals surface area contributed by atoms with E-state index in [9.17, 15) is 0 Å². The first-order valence-electron chi connectivity index (χ1n) is 5.54. The van der Waals surface area contributed by atoms with E-state index < -0.39 is 0 Å². The lowest BCUT2D eigenvalue weighted by Crippen LogP contribution is -2.38. The summed E-state index contributed by atoms with van der Waals surface area (Å²) in [6.45, 7) is 1.69. The van der Waals surface area contributed by atoms with E-state index in [1.165, 1.54) is 6.42 Å². The molecule has 1 unspecified atom stereocenters. The molecule has 2 rings (SSSR count). The minimum absolute atomic E-state index is 0.442. The van der Waals surface area contributed by atoms with Crippen LogP contribution in [-0.4, -0.2) is 26.3 Å². The van der Waals surface area contributed by atoms with Gasteiger partial charge in [-0.25, -0.2) is 0 Å². The average molecular weight is 285 g/mol. The molecule has 0 bridgehead atoms. The number of hydrogen-bond acceptors (Lipinski definition) is 3. The van der Waals surface area contributed by atoms with Gasteiger partial charge in [-0.1, -0.05) is 15.9 Å². The number of halogens is 1. The van der Waals surface area contributed by atoms with Gasteiger partial charge in [-0.05, 0) is 31.0 Å². The van der Waals surface area contributed by atoms with Gasteiger partial charge in [-0.15, -0.1) is 0 Å². The second-order valence-electron chi connectivity index (χ2n) is 4.19. The van der Waals surface area contributed by atoms with Crippen LogP contribution in [0.3, 0.4) is 0 Å². The highest BCUT2D eigenvalue weighted by atomic mass is 79.9. The molecule has 1 aliphatic rings. The van der Waals surface area contributed by atoms with Crippen molar-refractivity contribution < 1.29 is 4.74 Å². The average Bonchev–Trinajstić information content (AvgIpc) is 2.29. The second kappa shape index (κ2) is 5.06. The number of hydrogen-bond donors (Lipinski definition) is 1. The third-order valence-electron chi connectivity index (χ3n) is 3.05. The van der Waals surface area contributed by atoms with Crippen molar-refractivity contribution in [1.82, 2.24) is 0 Å². The molecule has 88 valence electrons. The van der Waals surface area contributed by atoms with Gasteiger partial charge >= 0.3 is 0 Å². The number of nitrogens with two attached hydrogens (primary N) is 1. The van der Waals surface area contributed by atoms with Crippen LogP contribution in [0.1, 0.15) is 12.8 Å². The first kappa shape index (κ1) is 11.7. The number of rotatable bonds is 2. The van der Waals surface area contributed by atoms with E-state index in [4.69, 9.17) is 10.5 Å². The highest BCUT2D eigenvalue weighted by Crippen LogP contribution is 2.28. The molecule has 1 aromatic carbocycles. The second-order valence-corrected chi connectivity index (χ2v) is 5.10. The van der Waals surface area contributed by atoms with Gasteiger partial charge in [-0.2, -0.15) is 0 Å². The van der Waals surface area contributed by atoms with Crippen molar-refractivity contribution in [2.24, 2.45) is 0 Å². The molecule has 1 atom stereocenters. The Morgan fingerprint density at radius 1 is 1.50 bits per heavy atom. The molecule has 4 heteroatoms. The summed E-state index contributed by atoms with van der Waals surface area (Å²) < 4.78 is 6.51. The van der Waals surface area contributed by atoms with Crippen molar-refractivity contribution in [1.29, 1.82) is 0 Å². The molecule has 1 fully saturated rings. The Kier molecular flexibility index (Phi) is 3.71. The van der Waals surface area contributed by atoms with Crippen LogP contribution in [0.25, 0.3) is 0 Å². The summed E-state index contributed by atoms with van der Waals surface area (Å²) in [5.41, 5.74) is 7.91. The summed E-state index contributed by atoms with van der Waals surface area (Å²) in [4.78, 5) is 2.22. The van der Waals surface area contributed by atoms with Gasteiger partial charge in [0.25, 0.3) is 0 Å². The molecule has 16 heavy (non-hydrogen) atoms. The fourth-order valence-electron chi connectivity index (χ4n) is 2.07. The zero-order valence-electron chi connectivity index (χ0n) is 9.45. The summed E-state index contributed by atoms with van der Waals surface area (Å²) >= 11 is 3.42. The summed E-state index contributed by atoms with van der Waals surface area (Å²) in [5.74, 6) is 0. The van der Waals surface area contributed by atoms with Crippen LogP contribution in [0.2, 0.25) is 0 Å². The van der Waals surface area contributed by atoms with Crippen LogP contribution in [0.4, 0.5) is 11.4 Å². The van der Waals surface area contributed by atoms with Gasteiger partial charge in [0.05, 0.1) is 24.0 Å². The van der Waals surface area contributed by atoms with Crippen molar-refractivity contribution >= 4 is 27.3 Å². The normalized spacial score (nSPS) is 20.8. The Bertz CT molecular complexity index is 364. The molecule has 3 nitrogen and oxygen atoms in total. The molecule has 0 aliphatic carbocycles. The van der Waals surface area contributed by atoms with Crippen LogP contribution in [0.5, 0.6) is 0 Å². The standard InChI is InChI=1S/C12H17BrN2O/c1-15(10-3-2-6-16-8-10)12-5-4-9(13)7-11(12)14/h4-5,7,10H,2-3,6,8,14H2,1H3. The molecule has 0 radical (unpaired) electrons. The van der Waals surface area contributed by atoms with Crippen molar-refractivity contribution in [3.05, 3.63) is 22.7 Å². The van der Waals surface area contributed by atoms with Crippen molar-refractivity contribution in [2.45, 2.75) is 18.9 Å². The number of anilines is 2. The molecule has 1 saturated heterocycles. The summed E-state index contributed by atoms with van der Waals surface area (Å²) in [5, 5.41) is 0. The molecule has 0 aromatic heterocycles. The summed E-state index contributed by atoms with van der Waals surface area (Å²) in [7, 11) is 2.08. The lowest BCUT2D eigenvalue weighted by atomic mass is 10.1. The monoisotopic (exact) mass is 284 g/mol. The third-order valence-corrected chi connectivity index (χ3v) is 3.55. The van der Waals surface area contributed by atoms with E-state index >= 15 is 0 Å². The van der Waals surface area contributed by atoms with Crippen molar-refractivity contribution in [2.75, 3.05) is 30.9 Å². The number of likely N-dealkylation sites (N-methyl/N-ethyl adjacent to an activating group) is 1. The van der Waals surface area contributed by atoms with Gasteiger partial charge in [0.1, 0.15) is 0 Å². The largest absolute Gasteiger partial charge is 0.397 e. The Morgan fingerprint density at radius 2 is 2.31 bits per heavy atom. The maximum atomic E-state index is 6.02. The molecule has 1 aromatic rings. The van der Waals surface area contributed by atoms with E-state index in [1.807, 2.05) is 18.2 Å². The quantitative estimate of drug-likeness (QED) is 0.849. The fraction of sp³-hybridized carbons (Fsp3) is 0.500. The molecule has 0 amide bonds. The predicted octanol–water partition coefficient (Wildman–Crippen LogP) is 2.65. The van der Waals surface area contributed by atoms with Crippen molar-refractivity contribution in [3.63, 3.8) is 0 Å². The van der Waals surface area contributed by atoms with Gasteiger partial charge in [0.15, 0.2) is 0 Å². The number of nitrogen functional groups attached to an aromatic ring is 1. The lowest BCUT2D eigenvalue weighted by molar-refractivity contribution is 0.0807. The zero-order valence-corrected chi connectivity index (χ0v) is 11.0. The van der Waals surface area contributed by atoms with Crippen LogP contribution >= 0.6 is 15.9 Å². The smallest absolute Gasteiger partial charge is 0.0669 e. The minimum atomic E-state index is 0.442. The van der Waals surface area contributed by atoms with Crippen LogP contribution < -0.4 is 10.6 Å². The third kappa shape index (κ3) is 2.50. The minimum Gasteiger partial charge on any atom is -0.397 e. The van der Waals surface area contributed by atoms with Gasteiger partial charge in [0.2, 0.25) is 0 Å². The Morgan fingerprint density at radius 3 is 2.94 bits per heavy atom. The predicted molar refractivity (Wildman–Crippen MR) is 70.8 cm³/mol. The van der Waals surface area contributed by atoms with Gasteiger partial charge in [-0.3, -0.25) is 0 Å².